The number of hydrogen-bond donors (Lipinski definition) is 1. The van der Waals surface area contributed by atoms with Gasteiger partial charge >= 0.3 is 0 Å². The number of methoxy groups -OCH3 is 2. The second-order valence-corrected chi connectivity index (χ2v) is 9.60. The lowest BCUT2D eigenvalue weighted by Crippen LogP contribution is -2.33. The monoisotopic (exact) mass is 518 g/mol. The molecule has 2 aliphatic heterocycles. The molecule has 0 radical (unpaired) electrons. The molecule has 2 atom stereocenters. The molecule has 0 spiro atoms. The lowest BCUT2D eigenvalue weighted by atomic mass is 9.98. The Kier molecular flexibility index (Phi) is 4.50. The first-order valence-corrected chi connectivity index (χ1v) is 12.6. The molecule has 0 bridgehead atoms. The summed E-state index contributed by atoms with van der Waals surface area (Å²) < 4.78 is 36.7. The third kappa shape index (κ3) is 2.98. The molecule has 39 heavy (non-hydrogen) atoms. The van der Waals surface area contributed by atoms with Crippen LogP contribution in [0.5, 0.6) is 34.5 Å². The third-order valence-corrected chi connectivity index (χ3v) is 7.56. The van der Waals surface area contributed by atoms with Gasteiger partial charge < -0.3 is 33.2 Å². The van der Waals surface area contributed by atoms with Crippen LogP contribution in [0.2, 0.25) is 0 Å². The maximum atomic E-state index is 11.3. The molecule has 0 saturated heterocycles. The lowest BCUT2D eigenvalue weighted by Gasteiger charge is -2.30. The van der Waals surface area contributed by atoms with E-state index in [1.807, 2.05) is 60.7 Å². The summed E-state index contributed by atoms with van der Waals surface area (Å²) in [5, 5.41) is 15.8. The van der Waals surface area contributed by atoms with Gasteiger partial charge in [0.1, 0.15) is 28.2 Å². The second kappa shape index (κ2) is 7.98. The number of aromatic hydroxyl groups is 1. The maximum Gasteiger partial charge on any atom is 0.282 e. The van der Waals surface area contributed by atoms with E-state index >= 15 is 0 Å². The number of furan rings is 1. The van der Waals surface area contributed by atoms with Crippen LogP contribution in [0.15, 0.2) is 83.3 Å². The van der Waals surface area contributed by atoms with Crippen molar-refractivity contribution in [2.75, 3.05) is 14.2 Å². The number of fused-ring (bicyclic) bond motifs is 10. The van der Waals surface area contributed by atoms with Gasteiger partial charge in [0.15, 0.2) is 23.0 Å². The number of benzene rings is 5. The Morgan fingerprint density at radius 2 is 1.36 bits per heavy atom. The summed E-state index contributed by atoms with van der Waals surface area (Å²) in [6, 6.07) is 25.3. The van der Waals surface area contributed by atoms with Crippen molar-refractivity contribution < 1.29 is 33.2 Å². The van der Waals surface area contributed by atoms with Crippen LogP contribution >= 0.6 is 0 Å². The van der Waals surface area contributed by atoms with E-state index < -0.39 is 12.4 Å². The second-order valence-electron chi connectivity index (χ2n) is 9.60. The molecule has 1 N–H and O–H groups in total. The smallest absolute Gasteiger partial charge is 0.282 e. The summed E-state index contributed by atoms with van der Waals surface area (Å²) in [4.78, 5) is 0. The number of hydrogen-bond acceptors (Lipinski definition) is 7. The van der Waals surface area contributed by atoms with Gasteiger partial charge in [-0.15, -0.1) is 0 Å². The van der Waals surface area contributed by atoms with Crippen LogP contribution in [-0.2, 0) is 0 Å². The largest absolute Gasteiger partial charge is 0.504 e. The van der Waals surface area contributed by atoms with Gasteiger partial charge in [-0.25, -0.2) is 0 Å². The highest BCUT2D eigenvalue weighted by molar-refractivity contribution is 6.14. The molecule has 0 amide bonds. The fraction of sp³-hybridized carbons (Fsp3) is 0.125. The van der Waals surface area contributed by atoms with E-state index in [-0.39, 0.29) is 5.75 Å². The highest BCUT2D eigenvalue weighted by Gasteiger charge is 2.46. The van der Waals surface area contributed by atoms with Crippen LogP contribution in [0.25, 0.3) is 43.8 Å². The average Bonchev–Trinajstić information content (AvgIpc) is 3.51. The van der Waals surface area contributed by atoms with Crippen LogP contribution in [0.1, 0.15) is 11.7 Å². The van der Waals surface area contributed by atoms with E-state index in [4.69, 9.17) is 28.1 Å². The minimum absolute atomic E-state index is 0.0214. The zero-order valence-electron chi connectivity index (χ0n) is 21.1. The van der Waals surface area contributed by atoms with E-state index in [9.17, 15) is 5.11 Å². The molecule has 0 saturated carbocycles. The Bertz CT molecular complexity index is 1940. The van der Waals surface area contributed by atoms with Gasteiger partial charge in [-0.2, -0.15) is 0 Å². The summed E-state index contributed by atoms with van der Waals surface area (Å²) >= 11 is 0. The first-order chi connectivity index (χ1) is 19.2. The van der Waals surface area contributed by atoms with Crippen molar-refractivity contribution in [1.82, 2.24) is 0 Å². The molecular formula is C32H22O7. The van der Waals surface area contributed by atoms with E-state index in [0.29, 0.717) is 56.6 Å². The van der Waals surface area contributed by atoms with Gasteiger partial charge in [-0.05, 0) is 35.0 Å². The zero-order chi connectivity index (χ0) is 26.2. The van der Waals surface area contributed by atoms with Crippen molar-refractivity contribution in [2.24, 2.45) is 0 Å². The zero-order valence-corrected chi connectivity index (χ0v) is 21.1. The normalized spacial score (nSPS) is 17.2. The predicted octanol–water partition coefficient (Wildman–Crippen LogP) is 7.36. The average molecular weight is 519 g/mol. The van der Waals surface area contributed by atoms with Crippen LogP contribution in [0, 0.1) is 0 Å². The van der Waals surface area contributed by atoms with Gasteiger partial charge in [0.25, 0.3) is 6.29 Å². The first-order valence-electron chi connectivity index (χ1n) is 12.6. The van der Waals surface area contributed by atoms with Gasteiger partial charge in [-0.1, -0.05) is 48.5 Å². The molecule has 3 heterocycles. The lowest BCUT2D eigenvalue weighted by molar-refractivity contribution is -0.0740. The topological polar surface area (TPSA) is 79.5 Å². The predicted molar refractivity (Wildman–Crippen MR) is 146 cm³/mol. The highest BCUT2D eigenvalue weighted by Crippen LogP contribution is 2.57. The molecule has 2 unspecified atom stereocenters. The summed E-state index contributed by atoms with van der Waals surface area (Å²) in [5.74, 6) is 3.26. The molecular weight excluding hydrogens is 496 g/mol. The van der Waals surface area contributed by atoms with Gasteiger partial charge in [0.2, 0.25) is 6.10 Å². The summed E-state index contributed by atoms with van der Waals surface area (Å²) in [7, 11) is 3.16. The molecule has 6 aromatic rings. The standard InChI is InChI=1S/C32H22O7/c1-34-17-13-11-16(12-14-17)27-26(33)24-22(36-27)15-23-25(30(24)35-2)31-32(37-23)39-29-21-10-6-4-8-19(21)18-7-3-5-9-20(18)28(29)38-31/h3-15,31-33H,1-2H3. The Balaban J connectivity index is 1.30. The van der Waals surface area contributed by atoms with Crippen molar-refractivity contribution in [3.05, 3.63) is 84.4 Å². The highest BCUT2D eigenvalue weighted by atomic mass is 16.7. The van der Waals surface area contributed by atoms with Gasteiger partial charge in [0, 0.05) is 22.4 Å². The van der Waals surface area contributed by atoms with E-state index in [1.165, 1.54) is 0 Å². The Morgan fingerprint density at radius 1 is 0.718 bits per heavy atom. The van der Waals surface area contributed by atoms with Crippen LogP contribution in [-0.4, -0.2) is 25.6 Å². The molecule has 7 nitrogen and oxygen atoms in total. The fourth-order valence-corrected chi connectivity index (χ4v) is 5.80. The SMILES string of the molecule is COc1ccc(-c2oc3cc4c(c(OC)c3c2O)C2Oc3c(c5ccccc5c5ccccc35)OC2O4)cc1. The van der Waals surface area contributed by atoms with E-state index in [2.05, 4.69) is 12.1 Å². The van der Waals surface area contributed by atoms with Gasteiger partial charge in [0.05, 0.1) is 19.8 Å². The molecule has 7 heteroatoms. The van der Waals surface area contributed by atoms with Crippen LogP contribution in [0.3, 0.4) is 0 Å². The fourth-order valence-electron chi connectivity index (χ4n) is 5.80. The first kappa shape index (κ1) is 22.0. The van der Waals surface area contributed by atoms with Crippen molar-refractivity contribution in [3.8, 4) is 45.8 Å². The Labute approximate surface area is 222 Å². The molecule has 0 fully saturated rings. The van der Waals surface area contributed by atoms with Crippen molar-refractivity contribution >= 4 is 32.5 Å². The molecule has 0 aliphatic carbocycles. The van der Waals surface area contributed by atoms with E-state index in [0.717, 1.165) is 21.5 Å². The molecule has 8 rings (SSSR count). The van der Waals surface area contributed by atoms with Crippen molar-refractivity contribution in [1.29, 1.82) is 0 Å². The van der Waals surface area contributed by atoms with Crippen LogP contribution < -0.4 is 23.7 Å². The van der Waals surface area contributed by atoms with E-state index in [1.54, 1.807) is 20.3 Å². The number of ether oxygens (including phenoxy) is 5. The minimum atomic E-state index is -0.735. The Morgan fingerprint density at radius 3 is 2.00 bits per heavy atom. The van der Waals surface area contributed by atoms with Crippen molar-refractivity contribution in [3.63, 3.8) is 0 Å². The summed E-state index contributed by atoms with van der Waals surface area (Å²) in [6.45, 7) is 0. The summed E-state index contributed by atoms with van der Waals surface area (Å²) in [5.41, 5.74) is 1.80. The van der Waals surface area contributed by atoms with Crippen molar-refractivity contribution in [2.45, 2.75) is 12.4 Å². The molecule has 2 aliphatic rings. The van der Waals surface area contributed by atoms with Crippen LogP contribution in [0.4, 0.5) is 0 Å². The minimum Gasteiger partial charge on any atom is -0.504 e. The molecule has 192 valence electrons. The Hall–Kier alpha value is -5.04. The summed E-state index contributed by atoms with van der Waals surface area (Å²) in [6.07, 6.45) is -1.35. The van der Waals surface area contributed by atoms with Gasteiger partial charge in [-0.3, -0.25) is 0 Å². The molecule has 1 aromatic heterocycles. The molecule has 5 aromatic carbocycles. The number of rotatable bonds is 3. The maximum absolute atomic E-state index is 11.3. The quantitative estimate of drug-likeness (QED) is 0.245. The third-order valence-electron chi connectivity index (χ3n) is 7.56.